The Hall–Kier alpha value is -0.0300. The first kappa shape index (κ1) is 21.0. The highest BCUT2D eigenvalue weighted by atomic mass is 35.5. The van der Waals surface area contributed by atoms with Crippen molar-refractivity contribution in [2.24, 2.45) is 11.7 Å². The monoisotopic (exact) mass is 339 g/mol. The molecule has 0 bridgehead atoms. The quantitative estimate of drug-likeness (QED) is 0.780. The smallest absolute Gasteiger partial charge is 0.220 e. The average molecular weight is 340 g/mol. The molecule has 126 valence electrons. The molecule has 2 rings (SSSR count). The van der Waals surface area contributed by atoms with Crippen molar-refractivity contribution in [2.45, 2.75) is 63.5 Å². The van der Waals surface area contributed by atoms with Crippen LogP contribution >= 0.6 is 24.8 Å². The number of amides is 1. The Labute approximate surface area is 141 Å². The van der Waals surface area contributed by atoms with Crippen LogP contribution < -0.4 is 11.1 Å². The summed E-state index contributed by atoms with van der Waals surface area (Å²) in [6.45, 7) is 1.74. The minimum absolute atomic E-state index is 0. The molecular formula is C15H31Cl2N3O. The van der Waals surface area contributed by atoms with Crippen molar-refractivity contribution in [3.05, 3.63) is 0 Å². The van der Waals surface area contributed by atoms with Gasteiger partial charge in [0.1, 0.15) is 0 Å². The van der Waals surface area contributed by atoms with Crippen molar-refractivity contribution < 1.29 is 4.79 Å². The summed E-state index contributed by atoms with van der Waals surface area (Å²) in [5, 5.41) is 3.05. The van der Waals surface area contributed by atoms with E-state index in [0.717, 1.165) is 32.0 Å². The van der Waals surface area contributed by atoms with Crippen LogP contribution in [0.25, 0.3) is 0 Å². The van der Waals surface area contributed by atoms with E-state index in [9.17, 15) is 4.79 Å². The molecule has 3 N–H and O–H groups in total. The van der Waals surface area contributed by atoms with Crippen molar-refractivity contribution in [1.29, 1.82) is 0 Å². The lowest BCUT2D eigenvalue weighted by Crippen LogP contribution is -2.38. The normalized spacial score (nSPS) is 25.5. The van der Waals surface area contributed by atoms with Crippen LogP contribution in [0.3, 0.4) is 0 Å². The minimum atomic E-state index is 0. The fourth-order valence-corrected chi connectivity index (χ4v) is 3.53. The topological polar surface area (TPSA) is 58.4 Å². The highest BCUT2D eigenvalue weighted by Gasteiger charge is 2.26. The Morgan fingerprint density at radius 2 is 1.81 bits per heavy atom. The molecule has 2 atom stereocenters. The summed E-state index contributed by atoms with van der Waals surface area (Å²) >= 11 is 0. The van der Waals surface area contributed by atoms with Gasteiger partial charge in [-0.25, -0.2) is 0 Å². The fourth-order valence-electron chi connectivity index (χ4n) is 3.53. The average Bonchev–Trinajstić information content (AvgIpc) is 3.02. The molecule has 6 heteroatoms. The second-order valence-electron chi connectivity index (χ2n) is 6.33. The maximum Gasteiger partial charge on any atom is 0.220 e. The predicted molar refractivity (Wildman–Crippen MR) is 92.3 cm³/mol. The van der Waals surface area contributed by atoms with Gasteiger partial charge in [0.05, 0.1) is 0 Å². The van der Waals surface area contributed by atoms with Gasteiger partial charge in [0.15, 0.2) is 0 Å². The van der Waals surface area contributed by atoms with Crippen LogP contribution in [0.4, 0.5) is 0 Å². The molecule has 0 aromatic carbocycles. The second kappa shape index (κ2) is 10.7. The summed E-state index contributed by atoms with van der Waals surface area (Å²) in [4.78, 5) is 14.3. The number of halogens is 2. The van der Waals surface area contributed by atoms with Crippen LogP contribution in [0.5, 0.6) is 0 Å². The lowest BCUT2D eigenvalue weighted by molar-refractivity contribution is -0.122. The van der Waals surface area contributed by atoms with Crippen LogP contribution in [-0.2, 0) is 4.79 Å². The Morgan fingerprint density at radius 1 is 1.14 bits per heavy atom. The van der Waals surface area contributed by atoms with Crippen molar-refractivity contribution in [2.75, 3.05) is 20.1 Å². The number of carbonyl (C=O) groups is 1. The van der Waals surface area contributed by atoms with Crippen LogP contribution in [-0.4, -0.2) is 43.0 Å². The van der Waals surface area contributed by atoms with Gasteiger partial charge in [-0.3, -0.25) is 4.79 Å². The van der Waals surface area contributed by atoms with Crippen molar-refractivity contribution in [3.63, 3.8) is 0 Å². The first-order chi connectivity index (χ1) is 9.16. The molecule has 1 amide bonds. The van der Waals surface area contributed by atoms with Gasteiger partial charge in [-0.15, -0.1) is 24.8 Å². The van der Waals surface area contributed by atoms with E-state index in [4.69, 9.17) is 5.73 Å². The molecule has 21 heavy (non-hydrogen) atoms. The number of nitrogens with zero attached hydrogens (tertiary/aromatic N) is 1. The van der Waals surface area contributed by atoms with Crippen LogP contribution in [0, 0.1) is 5.92 Å². The van der Waals surface area contributed by atoms with Gasteiger partial charge in [0.2, 0.25) is 5.91 Å². The Morgan fingerprint density at radius 3 is 2.38 bits per heavy atom. The fraction of sp³-hybridized carbons (Fsp3) is 0.933. The Kier molecular flexibility index (Phi) is 10.6. The summed E-state index contributed by atoms with van der Waals surface area (Å²) in [6, 6.07) is 0.979. The van der Waals surface area contributed by atoms with Crippen LogP contribution in [0.2, 0.25) is 0 Å². The molecule has 0 aromatic heterocycles. The van der Waals surface area contributed by atoms with E-state index >= 15 is 0 Å². The molecule has 2 fully saturated rings. The summed E-state index contributed by atoms with van der Waals surface area (Å²) < 4.78 is 0. The number of hydrogen-bond acceptors (Lipinski definition) is 3. The molecule has 0 radical (unpaired) electrons. The third-order valence-corrected chi connectivity index (χ3v) is 4.90. The van der Waals surface area contributed by atoms with Crippen molar-refractivity contribution in [1.82, 2.24) is 10.2 Å². The van der Waals surface area contributed by atoms with Crippen LogP contribution in [0.15, 0.2) is 0 Å². The lowest BCUT2D eigenvalue weighted by Gasteiger charge is -2.24. The SMILES string of the molecule is CN(CCNC(=O)C[C@@H]1CCC[C@H]1N)C1CCCC1.Cl.Cl. The molecule has 0 aliphatic heterocycles. The molecular weight excluding hydrogens is 309 g/mol. The number of hydrogen-bond donors (Lipinski definition) is 2. The molecule has 0 unspecified atom stereocenters. The highest BCUT2D eigenvalue weighted by molar-refractivity contribution is 5.85. The summed E-state index contributed by atoms with van der Waals surface area (Å²) in [5.74, 6) is 0.592. The van der Waals surface area contributed by atoms with E-state index in [-0.39, 0.29) is 36.8 Å². The maximum absolute atomic E-state index is 11.9. The van der Waals surface area contributed by atoms with Gasteiger partial charge in [-0.05, 0) is 38.6 Å². The van der Waals surface area contributed by atoms with E-state index in [0.29, 0.717) is 12.3 Å². The molecule has 0 saturated heterocycles. The van der Waals surface area contributed by atoms with Gasteiger partial charge < -0.3 is 16.0 Å². The van der Waals surface area contributed by atoms with E-state index in [1.165, 1.54) is 32.1 Å². The number of carbonyl (C=O) groups excluding carboxylic acids is 1. The first-order valence-electron chi connectivity index (χ1n) is 7.89. The van der Waals surface area contributed by atoms with Gasteiger partial charge in [-0.2, -0.15) is 0 Å². The molecule has 0 spiro atoms. The number of nitrogens with two attached hydrogens (primary N) is 1. The minimum Gasteiger partial charge on any atom is -0.355 e. The zero-order valence-corrected chi connectivity index (χ0v) is 14.7. The van der Waals surface area contributed by atoms with Gasteiger partial charge in [0.25, 0.3) is 0 Å². The predicted octanol–water partition coefficient (Wildman–Crippen LogP) is 2.34. The zero-order valence-electron chi connectivity index (χ0n) is 13.1. The zero-order chi connectivity index (χ0) is 13.7. The number of nitrogens with one attached hydrogen (secondary N) is 1. The summed E-state index contributed by atoms with van der Waals surface area (Å²) in [6.07, 6.45) is 9.38. The van der Waals surface area contributed by atoms with Gasteiger partial charge >= 0.3 is 0 Å². The third-order valence-electron chi connectivity index (χ3n) is 4.90. The molecule has 4 nitrogen and oxygen atoms in total. The highest BCUT2D eigenvalue weighted by Crippen LogP contribution is 2.26. The van der Waals surface area contributed by atoms with Crippen LogP contribution in [0.1, 0.15) is 51.4 Å². The van der Waals surface area contributed by atoms with E-state index < -0.39 is 0 Å². The molecule has 2 saturated carbocycles. The first-order valence-corrected chi connectivity index (χ1v) is 7.89. The number of rotatable bonds is 6. The summed E-state index contributed by atoms with van der Waals surface area (Å²) in [5.41, 5.74) is 6.00. The molecule has 2 aliphatic rings. The van der Waals surface area contributed by atoms with E-state index in [2.05, 4.69) is 17.3 Å². The van der Waals surface area contributed by atoms with E-state index in [1.807, 2.05) is 0 Å². The largest absolute Gasteiger partial charge is 0.355 e. The van der Waals surface area contributed by atoms with E-state index in [1.54, 1.807) is 0 Å². The number of likely N-dealkylation sites (N-methyl/N-ethyl adjacent to an activating group) is 1. The second-order valence-corrected chi connectivity index (χ2v) is 6.33. The van der Waals surface area contributed by atoms with Crippen molar-refractivity contribution in [3.8, 4) is 0 Å². The summed E-state index contributed by atoms with van der Waals surface area (Å²) in [7, 11) is 2.18. The van der Waals surface area contributed by atoms with Crippen molar-refractivity contribution >= 4 is 30.7 Å². The molecule has 0 heterocycles. The molecule has 0 aromatic rings. The standard InChI is InChI=1S/C15H29N3O.2ClH/c1-18(13-6-2-3-7-13)10-9-17-15(19)11-12-5-4-8-14(12)16;;/h12-14H,2-11,16H2,1H3,(H,17,19);2*1H/t12-,14+;;/m0../s1. The van der Waals surface area contributed by atoms with Gasteiger partial charge in [-0.1, -0.05) is 19.3 Å². The Balaban J connectivity index is 0.00000200. The lowest BCUT2D eigenvalue weighted by atomic mass is 10.00. The third kappa shape index (κ3) is 6.72. The van der Waals surface area contributed by atoms with Gasteiger partial charge in [0, 0.05) is 31.6 Å². The molecule has 2 aliphatic carbocycles. The Bertz CT molecular complexity index is 299. The maximum atomic E-state index is 11.9.